The zero-order valence-electron chi connectivity index (χ0n) is 12.4. The van der Waals surface area contributed by atoms with Crippen LogP contribution in [0.3, 0.4) is 0 Å². The highest BCUT2D eigenvalue weighted by atomic mass is 16.5. The third-order valence-corrected chi connectivity index (χ3v) is 3.12. The van der Waals surface area contributed by atoms with Crippen molar-refractivity contribution in [3.63, 3.8) is 0 Å². The summed E-state index contributed by atoms with van der Waals surface area (Å²) < 4.78 is 5.09. The number of carbonyl (C=O) groups is 2. The summed E-state index contributed by atoms with van der Waals surface area (Å²) in [6, 6.07) is 4.96. The molecular formula is C15H17N3O4. The molecular weight excluding hydrogens is 286 g/mol. The van der Waals surface area contributed by atoms with Gasteiger partial charge in [0, 0.05) is 37.7 Å². The first-order chi connectivity index (χ1) is 10.5. The molecule has 7 nitrogen and oxygen atoms in total. The second-order valence-corrected chi connectivity index (χ2v) is 4.68. The predicted octanol–water partition coefficient (Wildman–Crippen LogP) is 0.403. The molecule has 0 aliphatic carbocycles. The van der Waals surface area contributed by atoms with Crippen LogP contribution in [-0.2, 0) is 4.79 Å². The first-order valence-corrected chi connectivity index (χ1v) is 6.75. The molecule has 0 spiro atoms. The number of aromatic amines is 1. The highest BCUT2D eigenvalue weighted by Gasteiger charge is 2.12. The molecule has 0 aliphatic rings. The molecule has 0 aliphatic heterocycles. The van der Waals surface area contributed by atoms with Crippen molar-refractivity contribution in [3.8, 4) is 5.75 Å². The van der Waals surface area contributed by atoms with Gasteiger partial charge in [-0.1, -0.05) is 0 Å². The first kappa shape index (κ1) is 15.6. The summed E-state index contributed by atoms with van der Waals surface area (Å²) in [5.74, 6) is -0.0354. The minimum atomic E-state index is -0.482. The maximum Gasteiger partial charge on any atom is 0.256 e. The number of hydrogen-bond donors (Lipinski definition) is 3. The highest BCUT2D eigenvalue weighted by molar-refractivity contribution is 5.97. The Morgan fingerprint density at radius 2 is 1.95 bits per heavy atom. The lowest BCUT2D eigenvalue weighted by atomic mass is 10.1. The highest BCUT2D eigenvalue weighted by Crippen LogP contribution is 2.16. The monoisotopic (exact) mass is 303 g/mol. The van der Waals surface area contributed by atoms with Gasteiger partial charge in [-0.05, 0) is 12.1 Å². The van der Waals surface area contributed by atoms with Crippen LogP contribution in [0.5, 0.6) is 5.75 Å². The molecule has 116 valence electrons. The molecule has 2 amide bonds. The maximum absolute atomic E-state index is 12.3. The van der Waals surface area contributed by atoms with Crippen LogP contribution in [0.15, 0.2) is 29.2 Å². The molecule has 1 aromatic heterocycles. The van der Waals surface area contributed by atoms with Gasteiger partial charge in [0.15, 0.2) is 0 Å². The van der Waals surface area contributed by atoms with Crippen LogP contribution in [0.2, 0.25) is 0 Å². The van der Waals surface area contributed by atoms with Crippen molar-refractivity contribution in [2.75, 3.05) is 20.2 Å². The van der Waals surface area contributed by atoms with Crippen LogP contribution in [0.4, 0.5) is 0 Å². The van der Waals surface area contributed by atoms with Crippen LogP contribution in [0.25, 0.3) is 10.9 Å². The Kier molecular flexibility index (Phi) is 4.77. The van der Waals surface area contributed by atoms with Crippen LogP contribution in [0.1, 0.15) is 17.3 Å². The Bertz CT molecular complexity index is 767. The average Bonchev–Trinajstić information content (AvgIpc) is 2.51. The Labute approximate surface area is 126 Å². The van der Waals surface area contributed by atoms with Gasteiger partial charge in [0.2, 0.25) is 11.3 Å². The van der Waals surface area contributed by atoms with Crippen molar-refractivity contribution in [1.82, 2.24) is 15.6 Å². The van der Waals surface area contributed by atoms with Crippen molar-refractivity contribution in [2.24, 2.45) is 0 Å². The van der Waals surface area contributed by atoms with E-state index in [4.69, 9.17) is 4.74 Å². The number of nitrogens with one attached hydrogen (secondary N) is 3. The van der Waals surface area contributed by atoms with Gasteiger partial charge in [0.1, 0.15) is 11.3 Å². The number of benzene rings is 1. The van der Waals surface area contributed by atoms with Crippen molar-refractivity contribution >= 4 is 22.7 Å². The topological polar surface area (TPSA) is 100 Å². The van der Waals surface area contributed by atoms with Gasteiger partial charge in [-0.2, -0.15) is 0 Å². The number of ether oxygens (including phenoxy) is 1. The lowest BCUT2D eigenvalue weighted by Crippen LogP contribution is -2.35. The number of hydrogen-bond acceptors (Lipinski definition) is 4. The van der Waals surface area contributed by atoms with Crippen molar-refractivity contribution in [3.05, 3.63) is 40.2 Å². The van der Waals surface area contributed by atoms with Gasteiger partial charge in [-0.15, -0.1) is 0 Å². The fourth-order valence-electron chi connectivity index (χ4n) is 2.01. The third kappa shape index (κ3) is 3.43. The number of pyridine rings is 1. The standard InChI is InChI=1S/C15H17N3O4/c1-9(19)16-5-6-17-15(21)12-8-18-13-7-10(22-2)3-4-11(13)14(12)20/h3-4,7-8H,5-6H2,1-2H3,(H,16,19)(H,17,21)(H,18,20). The molecule has 0 saturated heterocycles. The van der Waals surface area contributed by atoms with Crippen molar-refractivity contribution < 1.29 is 14.3 Å². The summed E-state index contributed by atoms with van der Waals surface area (Å²) in [5, 5.41) is 5.55. The smallest absolute Gasteiger partial charge is 0.256 e. The average molecular weight is 303 g/mol. The number of methoxy groups -OCH3 is 1. The molecule has 1 aromatic carbocycles. The Morgan fingerprint density at radius 3 is 2.64 bits per heavy atom. The van der Waals surface area contributed by atoms with E-state index < -0.39 is 5.91 Å². The van der Waals surface area contributed by atoms with Gasteiger partial charge in [-0.3, -0.25) is 14.4 Å². The molecule has 22 heavy (non-hydrogen) atoms. The Hall–Kier alpha value is -2.83. The number of carbonyl (C=O) groups excluding carboxylic acids is 2. The number of amides is 2. The van der Waals surface area contributed by atoms with E-state index in [0.29, 0.717) is 23.2 Å². The fourth-order valence-corrected chi connectivity index (χ4v) is 2.01. The van der Waals surface area contributed by atoms with Gasteiger partial charge in [-0.25, -0.2) is 0 Å². The summed E-state index contributed by atoms with van der Waals surface area (Å²) in [6.07, 6.45) is 1.37. The predicted molar refractivity (Wildman–Crippen MR) is 82.1 cm³/mol. The van der Waals surface area contributed by atoms with Gasteiger partial charge >= 0.3 is 0 Å². The molecule has 0 saturated carbocycles. The third-order valence-electron chi connectivity index (χ3n) is 3.12. The van der Waals surface area contributed by atoms with Gasteiger partial charge in [0.05, 0.1) is 12.6 Å². The van der Waals surface area contributed by atoms with Crippen molar-refractivity contribution in [2.45, 2.75) is 6.92 Å². The molecule has 0 fully saturated rings. The van der Waals surface area contributed by atoms with E-state index >= 15 is 0 Å². The Morgan fingerprint density at radius 1 is 1.23 bits per heavy atom. The van der Waals surface area contributed by atoms with E-state index in [1.54, 1.807) is 18.2 Å². The largest absolute Gasteiger partial charge is 0.497 e. The van der Waals surface area contributed by atoms with Gasteiger partial charge in [0.25, 0.3) is 5.91 Å². The van der Waals surface area contributed by atoms with Crippen LogP contribution in [-0.4, -0.2) is 37.0 Å². The molecule has 3 N–H and O–H groups in total. The van der Waals surface area contributed by atoms with Crippen LogP contribution >= 0.6 is 0 Å². The Balaban J connectivity index is 2.18. The molecule has 7 heteroatoms. The minimum Gasteiger partial charge on any atom is -0.497 e. The normalized spacial score (nSPS) is 10.3. The SMILES string of the molecule is COc1ccc2c(=O)c(C(=O)NCCNC(C)=O)c[nH]c2c1. The zero-order chi connectivity index (χ0) is 16.1. The maximum atomic E-state index is 12.3. The van der Waals surface area contributed by atoms with E-state index in [1.165, 1.54) is 20.2 Å². The number of fused-ring (bicyclic) bond motifs is 1. The minimum absolute atomic E-state index is 0.0282. The molecule has 0 radical (unpaired) electrons. The second kappa shape index (κ2) is 6.75. The van der Waals surface area contributed by atoms with E-state index in [1.807, 2.05) is 0 Å². The lowest BCUT2D eigenvalue weighted by molar-refractivity contribution is -0.118. The summed E-state index contributed by atoms with van der Waals surface area (Å²) in [7, 11) is 1.54. The summed E-state index contributed by atoms with van der Waals surface area (Å²) in [6.45, 7) is 1.95. The van der Waals surface area contributed by atoms with E-state index in [2.05, 4.69) is 15.6 Å². The summed E-state index contributed by atoms with van der Waals surface area (Å²) >= 11 is 0. The fraction of sp³-hybridized carbons (Fsp3) is 0.267. The molecule has 2 aromatic rings. The summed E-state index contributed by atoms with van der Waals surface area (Å²) in [4.78, 5) is 38.0. The van der Waals surface area contributed by atoms with E-state index in [0.717, 1.165) is 0 Å². The number of aromatic nitrogens is 1. The van der Waals surface area contributed by atoms with Gasteiger partial charge < -0.3 is 20.4 Å². The molecule has 0 unspecified atom stereocenters. The molecule has 2 rings (SSSR count). The molecule has 1 heterocycles. The second-order valence-electron chi connectivity index (χ2n) is 4.68. The van der Waals surface area contributed by atoms with Crippen molar-refractivity contribution in [1.29, 1.82) is 0 Å². The molecule has 0 atom stereocenters. The summed E-state index contributed by atoms with van der Waals surface area (Å²) in [5.41, 5.74) is 0.271. The first-order valence-electron chi connectivity index (χ1n) is 6.75. The van der Waals surface area contributed by atoms with E-state index in [-0.39, 0.29) is 23.4 Å². The quantitative estimate of drug-likeness (QED) is 0.696. The van der Waals surface area contributed by atoms with E-state index in [9.17, 15) is 14.4 Å². The van der Waals surface area contributed by atoms with Crippen LogP contribution < -0.4 is 20.8 Å². The lowest BCUT2D eigenvalue weighted by Gasteiger charge is -2.07. The number of H-pyrrole nitrogens is 1. The molecule has 0 bridgehead atoms. The zero-order valence-corrected chi connectivity index (χ0v) is 12.4. The van der Waals surface area contributed by atoms with Crippen LogP contribution in [0, 0.1) is 0 Å². The number of rotatable bonds is 5.